The third-order valence-corrected chi connectivity index (χ3v) is 3.33. The highest BCUT2D eigenvalue weighted by atomic mass is 32.1. The molecule has 0 aliphatic heterocycles. The van der Waals surface area contributed by atoms with Crippen LogP contribution in [-0.4, -0.2) is 34.1 Å². The number of carbonyl (C=O) groups is 1. The molecule has 0 spiro atoms. The zero-order chi connectivity index (χ0) is 13.3. The van der Waals surface area contributed by atoms with Crippen molar-refractivity contribution < 1.29 is 9.90 Å². The minimum absolute atomic E-state index is 0.138. The fraction of sp³-hybridized carbons (Fsp3) is 0.364. The number of anilines is 1. The van der Waals surface area contributed by atoms with Crippen molar-refractivity contribution in [1.82, 2.24) is 9.38 Å². The maximum Gasteiger partial charge on any atom is 0.356 e. The molecule has 7 heteroatoms. The Bertz CT molecular complexity index is 625. The van der Waals surface area contributed by atoms with Gasteiger partial charge in [0.05, 0.1) is 12.0 Å². The van der Waals surface area contributed by atoms with Gasteiger partial charge in [-0.3, -0.25) is 4.40 Å². The van der Waals surface area contributed by atoms with Crippen LogP contribution >= 0.6 is 11.3 Å². The van der Waals surface area contributed by atoms with E-state index in [0.717, 1.165) is 0 Å². The number of hydrogen-bond acceptors (Lipinski definition) is 5. The maximum atomic E-state index is 11.3. The smallest absolute Gasteiger partial charge is 0.356 e. The lowest BCUT2D eigenvalue weighted by atomic mass is 10.2. The number of nitriles is 1. The number of thiazole rings is 1. The number of nitrogens with zero attached hydrogens (tertiary/aromatic N) is 4. The maximum absolute atomic E-state index is 11.3. The van der Waals surface area contributed by atoms with Crippen molar-refractivity contribution in [3.8, 4) is 6.07 Å². The van der Waals surface area contributed by atoms with E-state index in [0.29, 0.717) is 17.3 Å². The van der Waals surface area contributed by atoms with Gasteiger partial charge in [0.2, 0.25) is 0 Å². The van der Waals surface area contributed by atoms with Gasteiger partial charge in [-0.05, 0) is 6.92 Å². The molecule has 18 heavy (non-hydrogen) atoms. The van der Waals surface area contributed by atoms with E-state index < -0.39 is 5.97 Å². The summed E-state index contributed by atoms with van der Waals surface area (Å²) in [5.74, 6) is -0.805. The first kappa shape index (κ1) is 12.4. The highest BCUT2D eigenvalue weighted by Gasteiger charge is 2.22. The van der Waals surface area contributed by atoms with Crippen LogP contribution in [0.4, 0.5) is 5.82 Å². The normalized spacial score (nSPS) is 12.3. The highest BCUT2D eigenvalue weighted by Crippen LogP contribution is 2.24. The molecule has 0 saturated carbocycles. The number of aromatic nitrogens is 2. The van der Waals surface area contributed by atoms with Crippen LogP contribution < -0.4 is 4.90 Å². The van der Waals surface area contributed by atoms with E-state index in [1.54, 1.807) is 34.8 Å². The Morgan fingerprint density at radius 3 is 3.11 bits per heavy atom. The summed E-state index contributed by atoms with van der Waals surface area (Å²) in [6.45, 7) is 2.23. The highest BCUT2D eigenvalue weighted by molar-refractivity contribution is 7.15. The zero-order valence-corrected chi connectivity index (χ0v) is 10.8. The molecule has 2 heterocycles. The van der Waals surface area contributed by atoms with Gasteiger partial charge in [0.15, 0.2) is 16.5 Å². The first-order valence-electron chi connectivity index (χ1n) is 5.34. The summed E-state index contributed by atoms with van der Waals surface area (Å²) in [7, 11) is 1.74. The third kappa shape index (κ3) is 2.02. The van der Waals surface area contributed by atoms with Crippen LogP contribution in [0.3, 0.4) is 0 Å². The average Bonchev–Trinajstić information content (AvgIpc) is 2.86. The molecule has 0 radical (unpaired) electrons. The van der Waals surface area contributed by atoms with Crippen LogP contribution in [0.1, 0.15) is 17.4 Å². The fourth-order valence-corrected chi connectivity index (χ4v) is 2.49. The average molecular weight is 264 g/mol. The lowest BCUT2D eigenvalue weighted by molar-refractivity contribution is 0.0690. The van der Waals surface area contributed by atoms with Gasteiger partial charge in [-0.15, -0.1) is 11.3 Å². The molecule has 0 saturated heterocycles. The van der Waals surface area contributed by atoms with Crippen molar-refractivity contribution in [2.75, 3.05) is 18.5 Å². The first-order valence-corrected chi connectivity index (χ1v) is 6.22. The van der Waals surface area contributed by atoms with E-state index in [4.69, 9.17) is 5.26 Å². The minimum atomic E-state index is -1.02. The Balaban J connectivity index is 2.44. The van der Waals surface area contributed by atoms with Gasteiger partial charge in [-0.2, -0.15) is 5.26 Å². The van der Waals surface area contributed by atoms with Gasteiger partial charge in [0.25, 0.3) is 0 Å². The van der Waals surface area contributed by atoms with E-state index in [-0.39, 0.29) is 11.6 Å². The molecule has 1 atom stereocenters. The summed E-state index contributed by atoms with van der Waals surface area (Å²) < 4.78 is 1.55. The molecule has 2 aromatic heterocycles. The number of carboxylic acid groups (broad SMARTS) is 1. The molecule has 0 aliphatic rings. The minimum Gasteiger partial charge on any atom is -0.476 e. The summed E-state index contributed by atoms with van der Waals surface area (Å²) >= 11 is 1.38. The molecule has 94 valence electrons. The van der Waals surface area contributed by atoms with E-state index in [1.807, 2.05) is 0 Å². The van der Waals surface area contributed by atoms with Crippen LogP contribution in [0.2, 0.25) is 0 Å². The summed E-state index contributed by atoms with van der Waals surface area (Å²) in [4.78, 5) is 17.9. The monoisotopic (exact) mass is 264 g/mol. The summed E-state index contributed by atoms with van der Waals surface area (Å²) in [5.41, 5.74) is 0.138. The van der Waals surface area contributed by atoms with Crippen LogP contribution in [0.15, 0.2) is 11.6 Å². The van der Waals surface area contributed by atoms with Gasteiger partial charge in [-0.1, -0.05) is 0 Å². The Morgan fingerprint density at radius 1 is 1.78 bits per heavy atom. The van der Waals surface area contributed by atoms with Crippen molar-refractivity contribution in [1.29, 1.82) is 5.26 Å². The Labute approximate surface area is 108 Å². The van der Waals surface area contributed by atoms with Crippen molar-refractivity contribution in [3.63, 3.8) is 0 Å². The van der Waals surface area contributed by atoms with Gasteiger partial charge in [0.1, 0.15) is 0 Å². The molecule has 0 fully saturated rings. The second kappa shape index (κ2) is 4.66. The fourth-order valence-electron chi connectivity index (χ4n) is 1.78. The van der Waals surface area contributed by atoms with Crippen molar-refractivity contribution in [3.05, 3.63) is 17.3 Å². The van der Waals surface area contributed by atoms with Crippen molar-refractivity contribution >= 4 is 28.1 Å². The van der Waals surface area contributed by atoms with Crippen LogP contribution in [0.5, 0.6) is 0 Å². The van der Waals surface area contributed by atoms with Gasteiger partial charge < -0.3 is 10.0 Å². The Morgan fingerprint density at radius 2 is 2.50 bits per heavy atom. The van der Waals surface area contributed by atoms with E-state index in [9.17, 15) is 9.90 Å². The van der Waals surface area contributed by atoms with E-state index in [1.165, 1.54) is 11.3 Å². The molecule has 6 nitrogen and oxygen atoms in total. The number of fused-ring (bicyclic) bond motifs is 1. The zero-order valence-electron chi connectivity index (χ0n) is 9.99. The molecule has 1 unspecified atom stereocenters. The number of rotatable bonds is 4. The number of aromatic carboxylic acids is 1. The number of hydrogen-bond donors (Lipinski definition) is 1. The second-order valence-electron chi connectivity index (χ2n) is 4.06. The van der Waals surface area contributed by atoms with Gasteiger partial charge in [-0.25, -0.2) is 9.78 Å². The number of imidazole rings is 1. The summed E-state index contributed by atoms with van der Waals surface area (Å²) in [6.07, 6.45) is 1.68. The molecule has 0 aromatic carbocycles. The predicted octanol–water partition coefficient (Wildman–Crippen LogP) is 1.69. The second-order valence-corrected chi connectivity index (χ2v) is 4.93. The van der Waals surface area contributed by atoms with Crippen LogP contribution in [-0.2, 0) is 0 Å². The van der Waals surface area contributed by atoms with Crippen molar-refractivity contribution in [2.24, 2.45) is 5.92 Å². The molecule has 1 N–H and O–H groups in total. The summed E-state index contributed by atoms with van der Waals surface area (Å²) in [6, 6.07) is 2.12. The number of carboxylic acids is 1. The molecule has 0 amide bonds. The van der Waals surface area contributed by atoms with Crippen molar-refractivity contribution in [2.45, 2.75) is 6.92 Å². The summed E-state index contributed by atoms with van der Waals surface area (Å²) in [5, 5.41) is 19.8. The molecular formula is C11H12N4O2S. The van der Waals surface area contributed by atoms with Gasteiger partial charge in [0, 0.05) is 25.2 Å². The molecule has 2 aromatic rings. The molecule has 2 rings (SSSR count). The molecule has 0 bridgehead atoms. The van der Waals surface area contributed by atoms with Gasteiger partial charge >= 0.3 is 5.97 Å². The SMILES string of the molecule is CC(C#N)CN(C)c1nc2sccn2c1C(=O)O. The Kier molecular flexibility index (Phi) is 3.21. The third-order valence-electron chi connectivity index (χ3n) is 2.58. The quantitative estimate of drug-likeness (QED) is 0.908. The first-order chi connectivity index (χ1) is 8.54. The largest absolute Gasteiger partial charge is 0.476 e. The molecular weight excluding hydrogens is 252 g/mol. The lowest BCUT2D eigenvalue weighted by Crippen LogP contribution is -2.25. The predicted molar refractivity (Wildman–Crippen MR) is 68.1 cm³/mol. The topological polar surface area (TPSA) is 81.6 Å². The lowest BCUT2D eigenvalue weighted by Gasteiger charge is -2.18. The Hall–Kier alpha value is -2.07. The van der Waals surface area contributed by atoms with E-state index >= 15 is 0 Å². The standard InChI is InChI=1S/C11H12N4O2S/c1-7(5-12)6-14(2)9-8(10(16)17)15-3-4-18-11(15)13-9/h3-4,7H,6H2,1-2H3,(H,16,17). The van der Waals surface area contributed by atoms with Crippen LogP contribution in [0.25, 0.3) is 4.96 Å². The molecule has 0 aliphatic carbocycles. The van der Waals surface area contributed by atoms with Crippen LogP contribution in [0, 0.1) is 17.2 Å². The van der Waals surface area contributed by atoms with E-state index in [2.05, 4.69) is 11.1 Å².